The van der Waals surface area contributed by atoms with Gasteiger partial charge in [-0.25, -0.2) is 4.79 Å². The van der Waals surface area contributed by atoms with Crippen LogP contribution in [0.4, 0.5) is 0 Å². The molecule has 0 rings (SSSR count). The fourth-order valence-electron chi connectivity index (χ4n) is 0.626. The van der Waals surface area contributed by atoms with Gasteiger partial charge in [0.05, 0.1) is 13.2 Å². The number of unbranched alkanes of at least 4 members (excludes halogenated alkanes) is 1. The quantitative estimate of drug-likeness (QED) is 0.351. The average Bonchev–Trinajstić information content (AvgIpc) is 2.02. The molecule has 0 aliphatic carbocycles. The van der Waals surface area contributed by atoms with E-state index >= 15 is 0 Å². The van der Waals surface area contributed by atoms with Crippen LogP contribution in [-0.2, 0) is 14.3 Å². The minimum atomic E-state index is -0.941. The molecule has 0 bridgehead atoms. The molecule has 1 N–H and O–H groups in total. The van der Waals surface area contributed by atoms with Crippen molar-refractivity contribution in [1.29, 1.82) is 0 Å². The Morgan fingerprint density at radius 3 is 2.46 bits per heavy atom. The fraction of sp³-hybridized carbons (Fsp3) is 0.875. The molecule has 0 aromatic carbocycles. The molecule has 0 atom stereocenters. The predicted molar refractivity (Wildman–Crippen MR) is 45.3 cm³/mol. The maximum atomic E-state index is 9.97. The van der Waals surface area contributed by atoms with Crippen molar-refractivity contribution in [1.82, 2.24) is 0 Å². The van der Waals surface area contributed by atoms with Crippen LogP contribution < -0.4 is 18.9 Å². The maximum Gasteiger partial charge on any atom is 1.00 e. The molecule has 0 fully saturated rings. The Hall–Kier alpha value is -0.0126. The monoisotopic (exact) mass is 184 g/mol. The molecule has 0 saturated carbocycles. The Morgan fingerprint density at radius 2 is 1.92 bits per heavy atom. The molecule has 74 valence electrons. The number of aliphatic carboxylic acids is 1. The second-order valence-corrected chi connectivity index (χ2v) is 2.41. The van der Waals surface area contributed by atoms with Crippen molar-refractivity contribution in [3.05, 3.63) is 0 Å². The van der Waals surface area contributed by atoms with Crippen LogP contribution in [0.1, 0.15) is 21.2 Å². The molecule has 0 unspecified atom stereocenters. The summed E-state index contributed by atoms with van der Waals surface area (Å²) in [6.45, 7) is 3.41. The van der Waals surface area contributed by atoms with Crippen molar-refractivity contribution >= 4 is 5.97 Å². The summed E-state index contributed by atoms with van der Waals surface area (Å²) in [4.78, 5) is 9.97. The molecule has 0 aromatic heterocycles. The first-order chi connectivity index (χ1) is 5.77. The second kappa shape index (κ2) is 12.0. The average molecular weight is 184 g/mol. The molecule has 0 aliphatic rings. The van der Waals surface area contributed by atoms with Crippen molar-refractivity contribution in [2.45, 2.75) is 19.8 Å². The van der Waals surface area contributed by atoms with Crippen LogP contribution in [-0.4, -0.2) is 37.5 Å². The summed E-state index contributed by atoms with van der Waals surface area (Å²) in [7, 11) is 0. The van der Waals surface area contributed by atoms with Crippen LogP contribution in [0, 0.1) is 0 Å². The summed E-state index contributed by atoms with van der Waals surface area (Å²) >= 11 is 0. The molecule has 0 aliphatic heterocycles. The molecule has 0 saturated heterocycles. The maximum absolute atomic E-state index is 9.97. The summed E-state index contributed by atoms with van der Waals surface area (Å²) < 4.78 is 9.89. The number of ether oxygens (including phenoxy) is 2. The zero-order valence-electron chi connectivity index (χ0n) is 9.41. The number of hydrogen-bond acceptors (Lipinski definition) is 3. The third kappa shape index (κ3) is 14.8. The first-order valence-corrected chi connectivity index (χ1v) is 4.14. The molecule has 5 heteroatoms. The largest absolute Gasteiger partial charge is 1.00 e. The standard InChI is InChI=1S/C8H16O4.Li.H/c1-2-3-4-11-5-6-12-7-8(9)10;;/h2-7H2,1H3,(H,9,10);;/q;+1;-1. The zero-order chi connectivity index (χ0) is 9.23. The minimum Gasteiger partial charge on any atom is -1.00 e. The van der Waals surface area contributed by atoms with Gasteiger partial charge >= 0.3 is 24.8 Å². The van der Waals surface area contributed by atoms with Gasteiger partial charge in [-0.05, 0) is 6.42 Å². The van der Waals surface area contributed by atoms with Crippen molar-refractivity contribution in [2.24, 2.45) is 0 Å². The van der Waals surface area contributed by atoms with E-state index in [4.69, 9.17) is 14.6 Å². The van der Waals surface area contributed by atoms with E-state index in [9.17, 15) is 4.79 Å². The Bertz CT molecular complexity index is 124. The topological polar surface area (TPSA) is 55.8 Å². The molecular formula is C8H17LiO4. The summed E-state index contributed by atoms with van der Waals surface area (Å²) in [5.74, 6) is -0.941. The van der Waals surface area contributed by atoms with Crippen molar-refractivity contribution < 1.29 is 39.7 Å². The second-order valence-electron chi connectivity index (χ2n) is 2.41. The number of carboxylic acids is 1. The van der Waals surface area contributed by atoms with Crippen LogP contribution >= 0.6 is 0 Å². The van der Waals surface area contributed by atoms with Crippen LogP contribution in [0.3, 0.4) is 0 Å². The number of carboxylic acid groups (broad SMARTS) is 1. The molecule has 13 heavy (non-hydrogen) atoms. The van der Waals surface area contributed by atoms with E-state index in [1.165, 1.54) is 0 Å². The smallest absolute Gasteiger partial charge is 1.00 e. The van der Waals surface area contributed by atoms with Gasteiger partial charge < -0.3 is 16.0 Å². The van der Waals surface area contributed by atoms with Gasteiger partial charge in [0, 0.05) is 6.61 Å². The predicted octanol–water partition coefficient (Wildman–Crippen LogP) is -1.98. The van der Waals surface area contributed by atoms with Crippen LogP contribution in [0.15, 0.2) is 0 Å². The summed E-state index contributed by atoms with van der Waals surface area (Å²) in [6, 6.07) is 0. The van der Waals surface area contributed by atoms with Gasteiger partial charge in [0.1, 0.15) is 6.61 Å². The Balaban J connectivity index is -0.000000605. The Labute approximate surface area is 92.3 Å². The van der Waals surface area contributed by atoms with E-state index in [1.807, 2.05) is 0 Å². The van der Waals surface area contributed by atoms with E-state index < -0.39 is 5.97 Å². The van der Waals surface area contributed by atoms with E-state index in [-0.39, 0.29) is 26.9 Å². The van der Waals surface area contributed by atoms with E-state index in [0.717, 1.165) is 19.4 Å². The zero-order valence-corrected chi connectivity index (χ0v) is 8.41. The SMILES string of the molecule is CCCCOCCOCC(=O)O.[H-].[Li+]. The van der Waals surface area contributed by atoms with Crippen molar-refractivity contribution in [2.75, 3.05) is 26.4 Å². The van der Waals surface area contributed by atoms with Gasteiger partial charge in [-0.2, -0.15) is 0 Å². The van der Waals surface area contributed by atoms with E-state index in [0.29, 0.717) is 13.2 Å². The first kappa shape index (κ1) is 15.5. The third-order valence-corrected chi connectivity index (χ3v) is 1.24. The fourth-order valence-corrected chi connectivity index (χ4v) is 0.626. The Kier molecular flexibility index (Phi) is 14.3. The summed E-state index contributed by atoms with van der Waals surface area (Å²) in [5.41, 5.74) is 0. The summed E-state index contributed by atoms with van der Waals surface area (Å²) in [5, 5.41) is 8.19. The molecule has 0 spiro atoms. The van der Waals surface area contributed by atoms with E-state index in [2.05, 4.69) is 6.92 Å². The molecule has 0 amide bonds. The van der Waals surface area contributed by atoms with Gasteiger partial charge in [0.2, 0.25) is 0 Å². The summed E-state index contributed by atoms with van der Waals surface area (Å²) in [6.07, 6.45) is 2.15. The van der Waals surface area contributed by atoms with Crippen LogP contribution in [0.2, 0.25) is 0 Å². The van der Waals surface area contributed by atoms with E-state index in [1.54, 1.807) is 0 Å². The number of rotatable bonds is 8. The van der Waals surface area contributed by atoms with Gasteiger partial charge in [0.15, 0.2) is 0 Å². The molecule has 0 radical (unpaired) electrons. The van der Waals surface area contributed by atoms with Gasteiger partial charge in [0.25, 0.3) is 0 Å². The molecule has 0 heterocycles. The Morgan fingerprint density at radius 1 is 1.31 bits per heavy atom. The van der Waals surface area contributed by atoms with Gasteiger partial charge in [-0.3, -0.25) is 0 Å². The molecule has 4 nitrogen and oxygen atoms in total. The molecular weight excluding hydrogens is 167 g/mol. The van der Waals surface area contributed by atoms with Gasteiger partial charge in [-0.15, -0.1) is 0 Å². The van der Waals surface area contributed by atoms with Crippen LogP contribution in [0.5, 0.6) is 0 Å². The van der Waals surface area contributed by atoms with Crippen molar-refractivity contribution in [3.63, 3.8) is 0 Å². The first-order valence-electron chi connectivity index (χ1n) is 4.14. The normalized spacial score (nSPS) is 9.31. The number of hydrogen-bond donors (Lipinski definition) is 1. The van der Waals surface area contributed by atoms with Gasteiger partial charge in [-0.1, -0.05) is 13.3 Å². The third-order valence-electron chi connectivity index (χ3n) is 1.24. The number of carbonyl (C=O) groups is 1. The van der Waals surface area contributed by atoms with Crippen molar-refractivity contribution in [3.8, 4) is 0 Å². The molecule has 0 aromatic rings. The van der Waals surface area contributed by atoms with Crippen LogP contribution in [0.25, 0.3) is 0 Å². The minimum absolute atomic E-state index is 0.